The van der Waals surface area contributed by atoms with Crippen molar-refractivity contribution in [2.24, 2.45) is 0 Å². The van der Waals surface area contributed by atoms with Crippen molar-refractivity contribution >= 4 is 33.6 Å². The van der Waals surface area contributed by atoms with E-state index in [1.807, 2.05) is 6.07 Å². The molecule has 1 amide bonds. The molecule has 4 nitrogen and oxygen atoms in total. The number of rotatable bonds is 5. The quantitative estimate of drug-likeness (QED) is 0.467. The van der Waals surface area contributed by atoms with Gasteiger partial charge in [0.25, 0.3) is 5.91 Å². The number of benzene rings is 2. The molecule has 0 spiro atoms. The Labute approximate surface area is 153 Å². The van der Waals surface area contributed by atoms with E-state index in [9.17, 15) is 14.4 Å². The molecular weight excluding hydrogens is 387 g/mol. The Morgan fingerprint density at radius 3 is 2.80 bits per heavy atom. The molecule has 0 saturated carbocycles. The Hall–Kier alpha value is -3.09. The number of carbonyl (C=O) groups excluding carboxylic acids is 1. The van der Waals surface area contributed by atoms with Crippen molar-refractivity contribution in [3.8, 4) is 24.2 Å². The summed E-state index contributed by atoms with van der Waals surface area (Å²) >= 11 is 3.32. The summed E-state index contributed by atoms with van der Waals surface area (Å²) in [6, 6.07) is 12.6. The largest absolute Gasteiger partial charge is 0.480 e. The summed E-state index contributed by atoms with van der Waals surface area (Å²) in [4.78, 5) is 12.3. The van der Waals surface area contributed by atoms with Crippen molar-refractivity contribution < 1.29 is 13.9 Å². The van der Waals surface area contributed by atoms with Gasteiger partial charge in [-0.15, -0.1) is 6.42 Å². The van der Waals surface area contributed by atoms with Gasteiger partial charge in [0.15, 0.2) is 0 Å². The van der Waals surface area contributed by atoms with Gasteiger partial charge in [0.1, 0.15) is 29.8 Å². The highest BCUT2D eigenvalue weighted by Crippen LogP contribution is 2.26. The van der Waals surface area contributed by atoms with Crippen molar-refractivity contribution in [2.45, 2.75) is 0 Å². The number of amides is 1. The normalized spacial score (nSPS) is 10.5. The molecule has 124 valence electrons. The number of anilines is 1. The average Bonchev–Trinajstić information content (AvgIpc) is 2.60. The average molecular weight is 399 g/mol. The summed E-state index contributed by atoms with van der Waals surface area (Å²) in [5.41, 5.74) is 0.281. The van der Waals surface area contributed by atoms with Gasteiger partial charge >= 0.3 is 0 Å². The van der Waals surface area contributed by atoms with Gasteiger partial charge < -0.3 is 10.1 Å². The summed E-state index contributed by atoms with van der Waals surface area (Å²) < 4.78 is 19.8. The summed E-state index contributed by atoms with van der Waals surface area (Å²) in [5, 5.41) is 11.7. The Balaban J connectivity index is 2.32. The minimum Gasteiger partial charge on any atom is -0.480 e. The Bertz CT molecular complexity index is 910. The number of hydrogen-bond donors (Lipinski definition) is 1. The molecule has 2 aromatic rings. The van der Waals surface area contributed by atoms with E-state index in [1.54, 1.807) is 24.3 Å². The van der Waals surface area contributed by atoms with Crippen LogP contribution in [0.2, 0.25) is 0 Å². The molecule has 0 unspecified atom stereocenters. The maximum atomic E-state index is 13.6. The summed E-state index contributed by atoms with van der Waals surface area (Å²) in [7, 11) is 0. The lowest BCUT2D eigenvalue weighted by Gasteiger charge is -2.09. The highest BCUT2D eigenvalue weighted by molar-refractivity contribution is 9.10. The highest BCUT2D eigenvalue weighted by Gasteiger charge is 2.13. The molecule has 0 atom stereocenters. The zero-order valence-corrected chi connectivity index (χ0v) is 14.5. The van der Waals surface area contributed by atoms with E-state index in [0.717, 1.165) is 4.47 Å². The molecule has 0 aromatic heterocycles. The first-order chi connectivity index (χ1) is 12.0. The van der Waals surface area contributed by atoms with E-state index >= 15 is 0 Å². The van der Waals surface area contributed by atoms with Crippen LogP contribution >= 0.6 is 15.9 Å². The number of nitrogens with zero attached hydrogens (tertiary/aromatic N) is 1. The molecule has 0 fully saturated rings. The van der Waals surface area contributed by atoms with Gasteiger partial charge in [-0.2, -0.15) is 5.26 Å². The first-order valence-corrected chi connectivity index (χ1v) is 7.88. The summed E-state index contributed by atoms with van der Waals surface area (Å²) in [5.74, 6) is 1.45. The maximum Gasteiger partial charge on any atom is 0.266 e. The molecule has 1 N–H and O–H groups in total. The van der Waals surface area contributed by atoms with E-state index in [-0.39, 0.29) is 17.9 Å². The van der Waals surface area contributed by atoms with Crippen molar-refractivity contribution in [1.29, 1.82) is 5.26 Å². The minimum absolute atomic E-state index is 0.00769. The highest BCUT2D eigenvalue weighted by atomic mass is 79.9. The topological polar surface area (TPSA) is 62.1 Å². The van der Waals surface area contributed by atoms with Gasteiger partial charge in [-0.1, -0.05) is 34.0 Å². The van der Waals surface area contributed by atoms with Crippen LogP contribution in [0.5, 0.6) is 5.75 Å². The van der Waals surface area contributed by atoms with Gasteiger partial charge in [-0.3, -0.25) is 4.79 Å². The van der Waals surface area contributed by atoms with Crippen LogP contribution < -0.4 is 10.1 Å². The van der Waals surface area contributed by atoms with E-state index < -0.39 is 11.7 Å². The molecular formula is C19H12BrFN2O2. The van der Waals surface area contributed by atoms with Gasteiger partial charge in [0, 0.05) is 10.0 Å². The van der Waals surface area contributed by atoms with E-state index in [4.69, 9.17) is 11.2 Å². The second-order valence-corrected chi connectivity index (χ2v) is 5.69. The van der Waals surface area contributed by atoms with Crippen molar-refractivity contribution in [3.63, 3.8) is 0 Å². The lowest BCUT2D eigenvalue weighted by Crippen LogP contribution is -2.14. The third-order valence-electron chi connectivity index (χ3n) is 3.07. The number of halogens is 2. The minimum atomic E-state index is -0.726. The lowest BCUT2D eigenvalue weighted by atomic mass is 10.1. The van der Waals surface area contributed by atoms with Gasteiger partial charge in [-0.05, 0) is 36.4 Å². The van der Waals surface area contributed by atoms with Crippen LogP contribution in [0.4, 0.5) is 10.1 Å². The molecule has 0 aliphatic carbocycles. The Morgan fingerprint density at radius 1 is 1.36 bits per heavy atom. The molecule has 0 aliphatic heterocycles. The molecule has 6 heteroatoms. The van der Waals surface area contributed by atoms with Crippen molar-refractivity contribution in [2.75, 3.05) is 11.9 Å². The van der Waals surface area contributed by atoms with Gasteiger partial charge in [0.2, 0.25) is 0 Å². The molecule has 0 heterocycles. The SMILES string of the molecule is C#CCOc1ccc(Br)cc1/C=C(\C#N)C(=O)Nc1ccccc1F. The molecule has 2 aromatic carbocycles. The Kier molecular flexibility index (Phi) is 6.33. The number of para-hydroxylation sites is 1. The zero-order valence-electron chi connectivity index (χ0n) is 12.9. The molecule has 0 aliphatic rings. The van der Waals surface area contributed by atoms with Crippen LogP contribution in [0.25, 0.3) is 6.08 Å². The van der Waals surface area contributed by atoms with Crippen LogP contribution in [-0.4, -0.2) is 12.5 Å². The first kappa shape index (κ1) is 18.3. The van der Waals surface area contributed by atoms with Gasteiger partial charge in [0.05, 0.1) is 5.69 Å². The Morgan fingerprint density at radius 2 is 2.12 bits per heavy atom. The van der Waals surface area contributed by atoms with Crippen LogP contribution in [0.3, 0.4) is 0 Å². The first-order valence-electron chi connectivity index (χ1n) is 7.08. The standard InChI is InChI=1S/C19H12BrFN2O2/c1-2-9-25-18-8-7-15(20)11-13(18)10-14(12-22)19(24)23-17-6-4-3-5-16(17)21/h1,3-8,10-11H,9H2,(H,23,24)/b14-10+. The predicted octanol–water partition coefficient (Wildman–Crippen LogP) is 4.15. The number of carbonyl (C=O) groups is 1. The summed E-state index contributed by atoms with van der Waals surface area (Å²) in [6.45, 7) is 0.0474. The zero-order chi connectivity index (χ0) is 18.2. The molecule has 25 heavy (non-hydrogen) atoms. The van der Waals surface area contributed by atoms with Crippen molar-refractivity contribution in [3.05, 3.63) is 63.9 Å². The van der Waals surface area contributed by atoms with Crippen LogP contribution in [0.15, 0.2) is 52.5 Å². The number of nitriles is 1. The summed E-state index contributed by atoms with van der Waals surface area (Å²) in [6.07, 6.45) is 6.53. The predicted molar refractivity (Wildman–Crippen MR) is 97.1 cm³/mol. The van der Waals surface area contributed by atoms with Crippen LogP contribution in [0.1, 0.15) is 5.56 Å². The maximum absolute atomic E-state index is 13.6. The van der Waals surface area contributed by atoms with Crippen LogP contribution in [-0.2, 0) is 4.79 Å². The molecule has 0 bridgehead atoms. The fourth-order valence-electron chi connectivity index (χ4n) is 1.94. The third-order valence-corrected chi connectivity index (χ3v) is 3.56. The monoisotopic (exact) mass is 398 g/mol. The third kappa shape index (κ3) is 4.94. The molecule has 2 rings (SSSR count). The second-order valence-electron chi connectivity index (χ2n) is 4.78. The number of hydrogen-bond acceptors (Lipinski definition) is 3. The number of nitrogens with one attached hydrogen (secondary N) is 1. The van der Waals surface area contributed by atoms with E-state index in [1.165, 1.54) is 24.3 Å². The molecule has 0 saturated heterocycles. The number of terminal acetylenes is 1. The van der Waals surface area contributed by atoms with Crippen LogP contribution in [0, 0.1) is 29.5 Å². The van der Waals surface area contributed by atoms with E-state index in [2.05, 4.69) is 27.2 Å². The van der Waals surface area contributed by atoms with Gasteiger partial charge in [-0.25, -0.2) is 4.39 Å². The molecule has 0 radical (unpaired) electrons. The second kappa shape index (κ2) is 8.68. The fraction of sp³-hybridized carbons (Fsp3) is 0.0526. The fourth-order valence-corrected chi connectivity index (χ4v) is 2.32. The lowest BCUT2D eigenvalue weighted by molar-refractivity contribution is -0.112. The van der Waals surface area contributed by atoms with E-state index in [0.29, 0.717) is 11.3 Å². The smallest absolute Gasteiger partial charge is 0.266 e. The van der Waals surface area contributed by atoms with Crippen molar-refractivity contribution in [1.82, 2.24) is 0 Å². The number of ether oxygens (including phenoxy) is 1.